The molecule has 0 aliphatic carbocycles. The molecule has 100 valence electrons. The highest BCUT2D eigenvalue weighted by Gasteiger charge is 2.30. The van der Waals surface area contributed by atoms with Gasteiger partial charge in [0.15, 0.2) is 9.84 Å². The standard InChI is InChI=1S/C12H15BrFNO2S/c13-10-3-4-12(14)9(6-10)7-15-8-11-2-1-5-18(11,16)17/h3-4,6,11,15H,1-2,5,7-8H2. The fourth-order valence-corrected chi connectivity index (χ4v) is 4.34. The SMILES string of the molecule is O=S1(=O)CCCC1CNCc1cc(Br)ccc1F. The van der Waals surface area contributed by atoms with Gasteiger partial charge < -0.3 is 5.32 Å². The topological polar surface area (TPSA) is 46.2 Å². The smallest absolute Gasteiger partial charge is 0.154 e. The predicted molar refractivity (Wildman–Crippen MR) is 72.6 cm³/mol. The van der Waals surface area contributed by atoms with Crippen LogP contribution in [0.15, 0.2) is 22.7 Å². The first-order valence-electron chi connectivity index (χ1n) is 5.85. The van der Waals surface area contributed by atoms with Gasteiger partial charge in [-0.15, -0.1) is 0 Å². The van der Waals surface area contributed by atoms with Crippen LogP contribution in [0.5, 0.6) is 0 Å². The Morgan fingerprint density at radius 3 is 2.89 bits per heavy atom. The van der Waals surface area contributed by atoms with E-state index in [0.717, 1.165) is 10.9 Å². The van der Waals surface area contributed by atoms with E-state index in [0.29, 0.717) is 25.1 Å². The van der Waals surface area contributed by atoms with Crippen LogP contribution in [-0.4, -0.2) is 26.0 Å². The lowest BCUT2D eigenvalue weighted by Gasteiger charge is -2.11. The third-order valence-corrected chi connectivity index (χ3v) is 5.93. The highest BCUT2D eigenvalue weighted by atomic mass is 79.9. The van der Waals surface area contributed by atoms with Crippen LogP contribution in [0.25, 0.3) is 0 Å². The summed E-state index contributed by atoms with van der Waals surface area (Å²) in [5.41, 5.74) is 0.541. The minimum atomic E-state index is -2.93. The maximum atomic E-state index is 13.4. The lowest BCUT2D eigenvalue weighted by molar-refractivity contribution is 0.562. The lowest BCUT2D eigenvalue weighted by Crippen LogP contribution is -2.30. The van der Waals surface area contributed by atoms with Crippen LogP contribution in [0, 0.1) is 5.82 Å². The largest absolute Gasteiger partial charge is 0.311 e. The van der Waals surface area contributed by atoms with Crippen molar-refractivity contribution in [1.82, 2.24) is 5.32 Å². The molecule has 0 spiro atoms. The van der Waals surface area contributed by atoms with E-state index in [1.54, 1.807) is 12.1 Å². The van der Waals surface area contributed by atoms with Crippen molar-refractivity contribution in [2.45, 2.75) is 24.6 Å². The monoisotopic (exact) mass is 335 g/mol. The molecule has 1 aromatic rings. The van der Waals surface area contributed by atoms with Crippen LogP contribution in [0.1, 0.15) is 18.4 Å². The van der Waals surface area contributed by atoms with E-state index in [9.17, 15) is 12.8 Å². The molecule has 2 rings (SSSR count). The van der Waals surface area contributed by atoms with Gasteiger partial charge in [0.05, 0.1) is 11.0 Å². The van der Waals surface area contributed by atoms with Gasteiger partial charge in [-0.25, -0.2) is 12.8 Å². The molecule has 1 saturated heterocycles. The van der Waals surface area contributed by atoms with E-state index in [1.807, 2.05) is 0 Å². The minimum absolute atomic E-state index is 0.278. The summed E-state index contributed by atoms with van der Waals surface area (Å²) in [5.74, 6) is 0.00454. The molecule has 1 unspecified atom stereocenters. The van der Waals surface area contributed by atoms with Crippen molar-refractivity contribution < 1.29 is 12.8 Å². The first kappa shape index (κ1) is 14.0. The fourth-order valence-electron chi connectivity index (χ4n) is 2.13. The summed E-state index contributed by atoms with van der Waals surface area (Å²) in [4.78, 5) is 0. The highest BCUT2D eigenvalue weighted by molar-refractivity contribution is 9.10. The quantitative estimate of drug-likeness (QED) is 0.917. The zero-order valence-corrected chi connectivity index (χ0v) is 12.2. The zero-order valence-electron chi connectivity index (χ0n) is 9.83. The molecule has 1 atom stereocenters. The molecule has 1 N–H and O–H groups in total. The lowest BCUT2D eigenvalue weighted by atomic mass is 10.2. The summed E-state index contributed by atoms with van der Waals surface area (Å²) < 4.78 is 37.5. The highest BCUT2D eigenvalue weighted by Crippen LogP contribution is 2.19. The number of sulfone groups is 1. The van der Waals surface area contributed by atoms with E-state index in [1.165, 1.54) is 6.07 Å². The van der Waals surface area contributed by atoms with Crippen molar-refractivity contribution >= 4 is 25.8 Å². The molecule has 3 nitrogen and oxygen atoms in total. The van der Waals surface area contributed by atoms with E-state index < -0.39 is 9.84 Å². The van der Waals surface area contributed by atoms with Crippen LogP contribution in [-0.2, 0) is 16.4 Å². The molecule has 0 amide bonds. The molecule has 1 aliphatic heterocycles. The van der Waals surface area contributed by atoms with Gasteiger partial charge in [-0.05, 0) is 31.0 Å². The minimum Gasteiger partial charge on any atom is -0.311 e. The van der Waals surface area contributed by atoms with Crippen LogP contribution in [0.4, 0.5) is 4.39 Å². The maximum absolute atomic E-state index is 13.4. The van der Waals surface area contributed by atoms with Gasteiger partial charge in [0, 0.05) is 23.1 Å². The molecular formula is C12H15BrFNO2S. The zero-order chi connectivity index (χ0) is 13.2. The molecule has 0 saturated carbocycles. The molecule has 18 heavy (non-hydrogen) atoms. The van der Waals surface area contributed by atoms with E-state index >= 15 is 0 Å². The second kappa shape index (κ2) is 5.67. The molecule has 1 aromatic carbocycles. The number of hydrogen-bond acceptors (Lipinski definition) is 3. The van der Waals surface area contributed by atoms with Crippen molar-refractivity contribution in [2.24, 2.45) is 0 Å². The summed E-state index contributed by atoms with van der Waals surface area (Å²) in [5, 5.41) is 2.71. The maximum Gasteiger partial charge on any atom is 0.154 e. The Bertz CT molecular complexity index is 533. The Hall–Kier alpha value is -0.460. The Kier molecular flexibility index (Phi) is 4.40. The van der Waals surface area contributed by atoms with Crippen molar-refractivity contribution in [3.63, 3.8) is 0 Å². The summed E-state index contributed by atoms with van der Waals surface area (Å²) >= 11 is 3.28. The third kappa shape index (κ3) is 3.30. The first-order chi connectivity index (χ1) is 8.49. The Morgan fingerprint density at radius 2 is 2.22 bits per heavy atom. The van der Waals surface area contributed by atoms with E-state index in [4.69, 9.17) is 0 Å². The normalized spacial score (nSPS) is 22.2. The van der Waals surface area contributed by atoms with Gasteiger partial charge in [-0.2, -0.15) is 0 Å². The Morgan fingerprint density at radius 1 is 1.44 bits per heavy atom. The number of nitrogens with one attached hydrogen (secondary N) is 1. The molecular weight excluding hydrogens is 321 g/mol. The summed E-state index contributed by atoms with van der Waals surface area (Å²) in [7, 11) is -2.93. The molecule has 1 heterocycles. The third-order valence-electron chi connectivity index (χ3n) is 3.16. The molecule has 1 aliphatic rings. The van der Waals surface area contributed by atoms with Crippen LogP contribution < -0.4 is 5.32 Å². The van der Waals surface area contributed by atoms with Crippen molar-refractivity contribution in [3.05, 3.63) is 34.1 Å². The van der Waals surface area contributed by atoms with E-state index in [2.05, 4.69) is 21.2 Å². The van der Waals surface area contributed by atoms with E-state index in [-0.39, 0.29) is 16.8 Å². The number of rotatable bonds is 4. The number of hydrogen-bond donors (Lipinski definition) is 1. The van der Waals surface area contributed by atoms with Crippen LogP contribution in [0.3, 0.4) is 0 Å². The van der Waals surface area contributed by atoms with Gasteiger partial charge in [0.2, 0.25) is 0 Å². The Balaban J connectivity index is 1.91. The van der Waals surface area contributed by atoms with Gasteiger partial charge in [-0.3, -0.25) is 0 Å². The average Bonchev–Trinajstić information content (AvgIpc) is 2.63. The molecule has 0 bridgehead atoms. The molecule has 6 heteroatoms. The van der Waals surface area contributed by atoms with Crippen molar-refractivity contribution in [1.29, 1.82) is 0 Å². The van der Waals surface area contributed by atoms with Crippen LogP contribution >= 0.6 is 15.9 Å². The van der Waals surface area contributed by atoms with Gasteiger partial charge in [0.25, 0.3) is 0 Å². The van der Waals surface area contributed by atoms with Crippen molar-refractivity contribution in [2.75, 3.05) is 12.3 Å². The Labute approximate surface area is 115 Å². The predicted octanol–water partition coefficient (Wildman–Crippen LogP) is 2.25. The summed E-state index contributed by atoms with van der Waals surface area (Å²) in [6.07, 6.45) is 1.44. The second-order valence-electron chi connectivity index (χ2n) is 4.50. The van der Waals surface area contributed by atoms with Gasteiger partial charge >= 0.3 is 0 Å². The molecule has 0 aromatic heterocycles. The van der Waals surface area contributed by atoms with Crippen molar-refractivity contribution in [3.8, 4) is 0 Å². The molecule has 1 fully saturated rings. The summed E-state index contributed by atoms with van der Waals surface area (Å²) in [6, 6.07) is 4.74. The number of benzene rings is 1. The van der Waals surface area contributed by atoms with Gasteiger partial charge in [0.1, 0.15) is 5.82 Å². The van der Waals surface area contributed by atoms with Gasteiger partial charge in [-0.1, -0.05) is 15.9 Å². The average molecular weight is 336 g/mol. The number of halogens is 2. The summed E-state index contributed by atoms with van der Waals surface area (Å²) in [6.45, 7) is 0.742. The molecule has 0 radical (unpaired) electrons. The first-order valence-corrected chi connectivity index (χ1v) is 8.36. The fraction of sp³-hybridized carbons (Fsp3) is 0.500. The van der Waals surface area contributed by atoms with Crippen LogP contribution in [0.2, 0.25) is 0 Å². The second-order valence-corrected chi connectivity index (χ2v) is 7.81.